The quantitative estimate of drug-likeness (QED) is 0.685. The summed E-state index contributed by atoms with van der Waals surface area (Å²) in [5, 5.41) is 5.71. The van der Waals surface area contributed by atoms with Crippen LogP contribution in [0.1, 0.15) is 56.3 Å². The molecule has 0 radical (unpaired) electrons. The number of nitrogens with zero attached hydrogens (tertiary/aromatic N) is 1. The molecule has 2 N–H and O–H groups in total. The van der Waals surface area contributed by atoms with Crippen molar-refractivity contribution in [2.75, 3.05) is 26.2 Å². The lowest BCUT2D eigenvalue weighted by Crippen LogP contribution is -2.50. The molecule has 2 rings (SSSR count). The highest BCUT2D eigenvalue weighted by Gasteiger charge is 2.24. The van der Waals surface area contributed by atoms with Gasteiger partial charge in [-0.05, 0) is 69.1 Å². The lowest BCUT2D eigenvalue weighted by molar-refractivity contribution is -0.123. The second kappa shape index (κ2) is 11.0. The van der Waals surface area contributed by atoms with Gasteiger partial charge in [0.05, 0.1) is 0 Å². The van der Waals surface area contributed by atoms with E-state index >= 15 is 0 Å². The SMILES string of the molecule is CC(C)C(NC(=O)c1ccc(F)cc1)C(=O)NCCCN1CCCCCC1. The molecule has 1 atom stereocenters. The van der Waals surface area contributed by atoms with Gasteiger partial charge in [0.2, 0.25) is 5.91 Å². The van der Waals surface area contributed by atoms with Crippen LogP contribution in [0, 0.1) is 11.7 Å². The summed E-state index contributed by atoms with van der Waals surface area (Å²) in [5.74, 6) is -0.973. The molecule has 1 aromatic carbocycles. The van der Waals surface area contributed by atoms with Crippen molar-refractivity contribution in [3.05, 3.63) is 35.6 Å². The molecule has 0 spiro atoms. The number of halogens is 1. The van der Waals surface area contributed by atoms with Crippen LogP contribution in [0.4, 0.5) is 4.39 Å². The highest BCUT2D eigenvalue weighted by Crippen LogP contribution is 2.10. The summed E-state index contributed by atoms with van der Waals surface area (Å²) in [6, 6.07) is 4.70. The maximum absolute atomic E-state index is 13.0. The lowest BCUT2D eigenvalue weighted by atomic mass is 10.0. The van der Waals surface area contributed by atoms with E-state index in [0.717, 1.165) is 26.1 Å². The van der Waals surface area contributed by atoms with Gasteiger partial charge in [0.1, 0.15) is 11.9 Å². The van der Waals surface area contributed by atoms with Crippen molar-refractivity contribution in [1.29, 1.82) is 0 Å². The summed E-state index contributed by atoms with van der Waals surface area (Å²) in [6.45, 7) is 7.69. The van der Waals surface area contributed by atoms with Gasteiger partial charge in [-0.2, -0.15) is 0 Å². The maximum Gasteiger partial charge on any atom is 0.251 e. The smallest absolute Gasteiger partial charge is 0.251 e. The molecule has 1 aromatic rings. The fourth-order valence-corrected chi connectivity index (χ4v) is 3.34. The van der Waals surface area contributed by atoms with Crippen LogP contribution in [0.3, 0.4) is 0 Å². The molecule has 1 aliphatic heterocycles. The van der Waals surface area contributed by atoms with Gasteiger partial charge < -0.3 is 15.5 Å². The van der Waals surface area contributed by atoms with Crippen molar-refractivity contribution in [3.8, 4) is 0 Å². The standard InChI is InChI=1S/C21H32FN3O2/c1-16(2)19(24-20(26)17-8-10-18(22)11-9-17)21(27)23-12-7-15-25-13-5-3-4-6-14-25/h8-11,16,19H,3-7,12-15H2,1-2H3,(H,23,27)(H,24,26). The van der Waals surface area contributed by atoms with Gasteiger partial charge in [-0.25, -0.2) is 4.39 Å². The maximum atomic E-state index is 13.0. The van der Waals surface area contributed by atoms with Crippen LogP contribution in [-0.2, 0) is 4.79 Å². The summed E-state index contributed by atoms with van der Waals surface area (Å²) in [7, 11) is 0. The van der Waals surface area contributed by atoms with Gasteiger partial charge >= 0.3 is 0 Å². The number of hydrogen-bond donors (Lipinski definition) is 2. The predicted molar refractivity (Wildman–Crippen MR) is 105 cm³/mol. The van der Waals surface area contributed by atoms with Gasteiger partial charge in [0, 0.05) is 12.1 Å². The topological polar surface area (TPSA) is 61.4 Å². The van der Waals surface area contributed by atoms with E-state index in [-0.39, 0.29) is 17.7 Å². The highest BCUT2D eigenvalue weighted by molar-refractivity contribution is 5.97. The monoisotopic (exact) mass is 377 g/mol. The fourth-order valence-electron chi connectivity index (χ4n) is 3.34. The molecule has 0 aromatic heterocycles. The third kappa shape index (κ3) is 7.29. The van der Waals surface area contributed by atoms with E-state index < -0.39 is 11.9 Å². The molecule has 0 saturated carbocycles. The summed E-state index contributed by atoms with van der Waals surface area (Å²) < 4.78 is 13.0. The first-order chi connectivity index (χ1) is 13.0. The molecule has 1 aliphatic rings. The number of carbonyl (C=O) groups excluding carboxylic acids is 2. The molecule has 6 heteroatoms. The van der Waals surface area contributed by atoms with Gasteiger partial charge in [-0.15, -0.1) is 0 Å². The second-order valence-electron chi connectivity index (χ2n) is 7.60. The van der Waals surface area contributed by atoms with E-state index in [1.807, 2.05) is 13.8 Å². The molecule has 1 fully saturated rings. The van der Waals surface area contributed by atoms with E-state index in [2.05, 4.69) is 15.5 Å². The van der Waals surface area contributed by atoms with Crippen molar-refractivity contribution in [3.63, 3.8) is 0 Å². The normalized spacial score (nSPS) is 16.6. The van der Waals surface area contributed by atoms with Gasteiger partial charge in [-0.3, -0.25) is 9.59 Å². The molecule has 5 nitrogen and oxygen atoms in total. The molecule has 150 valence electrons. The molecular formula is C21H32FN3O2. The fraction of sp³-hybridized carbons (Fsp3) is 0.619. The zero-order chi connectivity index (χ0) is 19.6. The first-order valence-electron chi connectivity index (χ1n) is 10.0. The number of likely N-dealkylation sites (tertiary alicyclic amines) is 1. The average molecular weight is 378 g/mol. The van der Waals surface area contributed by atoms with E-state index in [0.29, 0.717) is 12.1 Å². The molecular weight excluding hydrogens is 345 g/mol. The second-order valence-corrected chi connectivity index (χ2v) is 7.60. The number of hydrogen-bond acceptors (Lipinski definition) is 3. The summed E-state index contributed by atoms with van der Waals surface area (Å²) in [6.07, 6.45) is 6.06. The largest absolute Gasteiger partial charge is 0.354 e. The van der Waals surface area contributed by atoms with Crippen LogP contribution >= 0.6 is 0 Å². The average Bonchev–Trinajstić information content (AvgIpc) is 2.92. The Balaban J connectivity index is 1.78. The summed E-state index contributed by atoms with van der Waals surface area (Å²) in [4.78, 5) is 27.3. The Morgan fingerprint density at radius 1 is 1.07 bits per heavy atom. The first-order valence-corrected chi connectivity index (χ1v) is 10.0. The lowest BCUT2D eigenvalue weighted by Gasteiger charge is -2.23. The summed E-state index contributed by atoms with van der Waals surface area (Å²) >= 11 is 0. The Morgan fingerprint density at radius 2 is 1.70 bits per heavy atom. The number of carbonyl (C=O) groups is 2. The molecule has 2 amide bonds. The van der Waals surface area contributed by atoms with Crippen LogP contribution in [0.25, 0.3) is 0 Å². The number of benzene rings is 1. The minimum atomic E-state index is -0.610. The van der Waals surface area contributed by atoms with E-state index in [1.165, 1.54) is 49.9 Å². The number of nitrogens with one attached hydrogen (secondary N) is 2. The third-order valence-electron chi connectivity index (χ3n) is 4.99. The van der Waals surface area contributed by atoms with Crippen molar-refractivity contribution in [2.24, 2.45) is 5.92 Å². The predicted octanol–water partition coefficient (Wildman–Crippen LogP) is 2.96. The molecule has 1 saturated heterocycles. The molecule has 0 aliphatic carbocycles. The highest BCUT2D eigenvalue weighted by atomic mass is 19.1. The zero-order valence-corrected chi connectivity index (χ0v) is 16.5. The van der Waals surface area contributed by atoms with Crippen molar-refractivity contribution in [1.82, 2.24) is 15.5 Å². The minimum Gasteiger partial charge on any atom is -0.354 e. The van der Waals surface area contributed by atoms with Gasteiger partial charge in [0.25, 0.3) is 5.91 Å². The van der Waals surface area contributed by atoms with Crippen LogP contribution in [0.5, 0.6) is 0 Å². The molecule has 0 bridgehead atoms. The number of amides is 2. The number of rotatable bonds is 8. The van der Waals surface area contributed by atoms with Crippen molar-refractivity contribution >= 4 is 11.8 Å². The minimum absolute atomic E-state index is 0.0417. The molecule has 1 heterocycles. The van der Waals surface area contributed by atoms with Crippen LogP contribution in [-0.4, -0.2) is 48.9 Å². The Hall–Kier alpha value is -1.95. The first kappa shape index (κ1) is 21.4. The van der Waals surface area contributed by atoms with Crippen LogP contribution < -0.4 is 10.6 Å². The Kier molecular flexibility index (Phi) is 8.72. The van der Waals surface area contributed by atoms with E-state index in [1.54, 1.807) is 0 Å². The van der Waals surface area contributed by atoms with Gasteiger partial charge in [0.15, 0.2) is 0 Å². The molecule has 1 unspecified atom stereocenters. The van der Waals surface area contributed by atoms with Gasteiger partial charge in [-0.1, -0.05) is 26.7 Å². The van der Waals surface area contributed by atoms with Crippen LogP contribution in [0.15, 0.2) is 24.3 Å². The Morgan fingerprint density at radius 3 is 2.30 bits per heavy atom. The Labute approximate surface area is 161 Å². The molecule has 27 heavy (non-hydrogen) atoms. The van der Waals surface area contributed by atoms with Crippen molar-refractivity contribution < 1.29 is 14.0 Å². The summed E-state index contributed by atoms with van der Waals surface area (Å²) in [5.41, 5.74) is 0.344. The van der Waals surface area contributed by atoms with Crippen LogP contribution in [0.2, 0.25) is 0 Å². The zero-order valence-electron chi connectivity index (χ0n) is 16.5. The Bertz CT molecular complexity index is 596. The van der Waals surface area contributed by atoms with E-state index in [9.17, 15) is 14.0 Å². The van der Waals surface area contributed by atoms with E-state index in [4.69, 9.17) is 0 Å². The van der Waals surface area contributed by atoms with Crippen molar-refractivity contribution in [2.45, 2.75) is 52.0 Å². The third-order valence-corrected chi connectivity index (χ3v) is 4.99.